The molecule has 0 aromatic heterocycles. The van der Waals surface area contributed by atoms with Crippen molar-refractivity contribution in [2.24, 2.45) is 5.92 Å². The molecular formula is C12H27O2P. The third-order valence-corrected chi connectivity index (χ3v) is 4.02. The summed E-state index contributed by atoms with van der Waals surface area (Å²) in [6, 6.07) is 0. The standard InChI is InChI=1S/C12H27O2P/c1-6-9-10-13-15(4,5)14-11-12(7-2)8-3/h12H,4,6-11H2,1-3,5H3. The molecule has 0 rings (SSSR count). The first-order valence-corrected chi connectivity index (χ1v) is 8.31. The molecule has 0 spiro atoms. The molecule has 15 heavy (non-hydrogen) atoms. The lowest BCUT2D eigenvalue weighted by Crippen LogP contribution is -2.07. The number of unbranched alkanes of at least 4 members (excludes halogenated alkanes) is 1. The normalized spacial score (nSPS) is 15.5. The maximum atomic E-state index is 5.80. The topological polar surface area (TPSA) is 18.5 Å². The molecule has 0 aromatic rings. The van der Waals surface area contributed by atoms with Crippen molar-refractivity contribution < 1.29 is 9.05 Å². The predicted molar refractivity (Wildman–Crippen MR) is 70.8 cm³/mol. The van der Waals surface area contributed by atoms with Gasteiger partial charge in [-0.15, -0.1) is 0 Å². The molecule has 3 heteroatoms. The van der Waals surface area contributed by atoms with Crippen molar-refractivity contribution >= 4 is 13.6 Å². The van der Waals surface area contributed by atoms with Crippen LogP contribution in [-0.2, 0) is 9.05 Å². The van der Waals surface area contributed by atoms with Crippen molar-refractivity contribution in [2.45, 2.75) is 46.5 Å². The minimum Gasteiger partial charge on any atom is -0.338 e. The summed E-state index contributed by atoms with van der Waals surface area (Å²) < 4.78 is 11.5. The molecule has 0 radical (unpaired) electrons. The summed E-state index contributed by atoms with van der Waals surface area (Å²) in [7, 11) is -1.80. The molecule has 0 aliphatic heterocycles. The van der Waals surface area contributed by atoms with Gasteiger partial charge in [0, 0.05) is 6.66 Å². The van der Waals surface area contributed by atoms with Gasteiger partial charge in [0.25, 0.3) is 0 Å². The highest BCUT2D eigenvalue weighted by Crippen LogP contribution is 2.43. The molecule has 0 bridgehead atoms. The van der Waals surface area contributed by atoms with Crippen molar-refractivity contribution in [2.75, 3.05) is 19.9 Å². The third-order valence-electron chi connectivity index (χ3n) is 2.60. The molecule has 0 fully saturated rings. The van der Waals surface area contributed by atoms with E-state index >= 15 is 0 Å². The number of hydrogen-bond donors (Lipinski definition) is 0. The van der Waals surface area contributed by atoms with Gasteiger partial charge in [-0.3, -0.25) is 0 Å². The van der Waals surface area contributed by atoms with E-state index in [4.69, 9.17) is 9.05 Å². The van der Waals surface area contributed by atoms with Gasteiger partial charge in [-0.1, -0.05) is 46.3 Å². The van der Waals surface area contributed by atoms with Crippen LogP contribution in [-0.4, -0.2) is 26.2 Å². The zero-order valence-corrected chi connectivity index (χ0v) is 11.7. The minimum atomic E-state index is -1.80. The van der Waals surface area contributed by atoms with Crippen molar-refractivity contribution in [1.29, 1.82) is 0 Å². The number of rotatable bonds is 9. The van der Waals surface area contributed by atoms with Crippen LogP contribution in [0, 0.1) is 5.92 Å². The summed E-state index contributed by atoms with van der Waals surface area (Å²) >= 11 is 0. The van der Waals surface area contributed by atoms with Crippen LogP contribution >= 0.6 is 7.34 Å². The Morgan fingerprint density at radius 1 is 1.13 bits per heavy atom. The monoisotopic (exact) mass is 234 g/mol. The van der Waals surface area contributed by atoms with Gasteiger partial charge in [0.15, 0.2) is 0 Å². The van der Waals surface area contributed by atoms with E-state index in [1.165, 1.54) is 12.8 Å². The van der Waals surface area contributed by atoms with Crippen LogP contribution in [0.3, 0.4) is 0 Å². The van der Waals surface area contributed by atoms with Gasteiger partial charge in [-0.2, -0.15) is 0 Å². The SMILES string of the molecule is C=P(C)(OCCCC)OCC(CC)CC. The highest BCUT2D eigenvalue weighted by atomic mass is 31.2. The molecule has 2 nitrogen and oxygen atoms in total. The van der Waals surface area contributed by atoms with Gasteiger partial charge in [0.05, 0.1) is 13.2 Å². The molecule has 0 heterocycles. The largest absolute Gasteiger partial charge is 0.338 e. The fourth-order valence-corrected chi connectivity index (χ4v) is 2.34. The van der Waals surface area contributed by atoms with Gasteiger partial charge >= 0.3 is 0 Å². The molecule has 0 aromatic carbocycles. The second kappa shape index (κ2) is 8.38. The van der Waals surface area contributed by atoms with Gasteiger partial charge in [-0.05, 0) is 12.3 Å². The summed E-state index contributed by atoms with van der Waals surface area (Å²) in [6.07, 6.45) is 8.65. The van der Waals surface area contributed by atoms with Crippen LogP contribution in [0.15, 0.2) is 0 Å². The summed E-state index contributed by atoms with van der Waals surface area (Å²) in [5.74, 6) is 0.654. The van der Waals surface area contributed by atoms with Crippen molar-refractivity contribution in [1.82, 2.24) is 0 Å². The van der Waals surface area contributed by atoms with Gasteiger partial charge in [0.2, 0.25) is 0 Å². The molecule has 0 saturated carbocycles. The molecule has 0 aliphatic carbocycles. The first-order valence-electron chi connectivity index (χ1n) is 6.05. The van der Waals surface area contributed by atoms with Crippen LogP contribution < -0.4 is 0 Å². The van der Waals surface area contributed by atoms with Gasteiger partial charge in [0.1, 0.15) is 7.34 Å². The summed E-state index contributed by atoms with van der Waals surface area (Å²) in [5.41, 5.74) is 0. The summed E-state index contributed by atoms with van der Waals surface area (Å²) in [4.78, 5) is 0. The Bertz CT molecular complexity index is 188. The van der Waals surface area contributed by atoms with Crippen molar-refractivity contribution in [3.63, 3.8) is 0 Å². The second-order valence-corrected chi connectivity index (χ2v) is 6.72. The fourth-order valence-electron chi connectivity index (χ4n) is 1.23. The van der Waals surface area contributed by atoms with Crippen molar-refractivity contribution in [3.8, 4) is 0 Å². The van der Waals surface area contributed by atoms with Gasteiger partial charge in [-0.25, -0.2) is 0 Å². The molecule has 0 aliphatic rings. The third kappa shape index (κ3) is 8.07. The average Bonchev–Trinajstić information content (AvgIpc) is 2.19. The Balaban J connectivity index is 3.77. The zero-order valence-electron chi connectivity index (χ0n) is 10.8. The average molecular weight is 234 g/mol. The Hall–Kier alpha value is 0.220. The molecular weight excluding hydrogens is 207 g/mol. The second-order valence-electron chi connectivity index (χ2n) is 4.18. The van der Waals surface area contributed by atoms with E-state index in [0.717, 1.165) is 26.1 Å². The molecule has 1 unspecified atom stereocenters. The highest BCUT2D eigenvalue weighted by molar-refractivity contribution is 7.63. The summed E-state index contributed by atoms with van der Waals surface area (Å²) in [6.45, 7) is 10.2. The van der Waals surface area contributed by atoms with Crippen LogP contribution in [0.5, 0.6) is 0 Å². The first kappa shape index (κ1) is 15.2. The van der Waals surface area contributed by atoms with E-state index in [0.29, 0.717) is 5.92 Å². The Kier molecular flexibility index (Phi) is 8.50. The van der Waals surface area contributed by atoms with E-state index in [1.54, 1.807) is 0 Å². The molecule has 1 atom stereocenters. The van der Waals surface area contributed by atoms with Crippen LogP contribution in [0.25, 0.3) is 0 Å². The van der Waals surface area contributed by atoms with E-state index in [-0.39, 0.29) is 0 Å². The van der Waals surface area contributed by atoms with E-state index in [9.17, 15) is 0 Å². The zero-order chi connectivity index (χ0) is 11.7. The lowest BCUT2D eigenvalue weighted by atomic mass is 10.1. The molecule has 0 amide bonds. The Labute approximate surface area is 95.5 Å². The van der Waals surface area contributed by atoms with Crippen molar-refractivity contribution in [3.05, 3.63) is 0 Å². The first-order chi connectivity index (χ1) is 7.05. The lowest BCUT2D eigenvalue weighted by molar-refractivity contribution is 0.207. The fraction of sp³-hybridized carbons (Fsp3) is 0.917. The minimum absolute atomic E-state index is 0.654. The predicted octanol–water partition coefficient (Wildman–Crippen LogP) is 4.17. The van der Waals surface area contributed by atoms with Crippen LogP contribution in [0.1, 0.15) is 46.5 Å². The van der Waals surface area contributed by atoms with E-state index < -0.39 is 7.34 Å². The lowest BCUT2D eigenvalue weighted by Gasteiger charge is -2.22. The van der Waals surface area contributed by atoms with Crippen LogP contribution in [0.4, 0.5) is 0 Å². The maximum absolute atomic E-state index is 5.80. The maximum Gasteiger partial charge on any atom is 0.114 e. The molecule has 0 saturated heterocycles. The highest BCUT2D eigenvalue weighted by Gasteiger charge is 2.11. The smallest absolute Gasteiger partial charge is 0.114 e. The molecule has 0 N–H and O–H groups in total. The summed E-state index contributed by atoms with van der Waals surface area (Å²) in [5, 5.41) is 0. The van der Waals surface area contributed by atoms with E-state index in [2.05, 4.69) is 27.1 Å². The molecule has 92 valence electrons. The Morgan fingerprint density at radius 2 is 1.73 bits per heavy atom. The quantitative estimate of drug-likeness (QED) is 0.440. The number of hydrogen-bond acceptors (Lipinski definition) is 2. The van der Waals surface area contributed by atoms with E-state index in [1.807, 2.05) is 6.66 Å². The van der Waals surface area contributed by atoms with Gasteiger partial charge < -0.3 is 9.05 Å². The van der Waals surface area contributed by atoms with Crippen LogP contribution in [0.2, 0.25) is 0 Å². The Morgan fingerprint density at radius 3 is 2.20 bits per heavy atom.